The average Bonchev–Trinajstić information content (AvgIpc) is 2.81. The normalized spacial score (nSPS) is 24.7. The molecule has 2 nitrogen and oxygen atoms in total. The van der Waals surface area contributed by atoms with Crippen LogP contribution in [0.2, 0.25) is 15.1 Å². The SMILES string of the molecule is CC(NCC1(C)CCCO1)c1ccc(Cl)c(Cl)c1Cl. The van der Waals surface area contributed by atoms with Crippen LogP contribution in [0.3, 0.4) is 0 Å². The van der Waals surface area contributed by atoms with E-state index in [2.05, 4.69) is 19.2 Å². The van der Waals surface area contributed by atoms with E-state index < -0.39 is 0 Å². The molecule has 2 atom stereocenters. The van der Waals surface area contributed by atoms with Crippen molar-refractivity contribution in [3.63, 3.8) is 0 Å². The summed E-state index contributed by atoms with van der Waals surface area (Å²) in [5.74, 6) is 0. The van der Waals surface area contributed by atoms with Crippen molar-refractivity contribution in [1.82, 2.24) is 5.32 Å². The first kappa shape index (κ1) is 15.4. The number of hydrogen-bond donors (Lipinski definition) is 1. The van der Waals surface area contributed by atoms with Gasteiger partial charge in [0, 0.05) is 19.2 Å². The molecule has 0 saturated carbocycles. The van der Waals surface area contributed by atoms with Crippen LogP contribution in [0.25, 0.3) is 0 Å². The Bertz CT molecular complexity index is 458. The van der Waals surface area contributed by atoms with E-state index in [4.69, 9.17) is 39.5 Å². The van der Waals surface area contributed by atoms with Crippen molar-refractivity contribution < 1.29 is 4.74 Å². The zero-order chi connectivity index (χ0) is 14.0. The van der Waals surface area contributed by atoms with Crippen LogP contribution < -0.4 is 5.32 Å². The second-order valence-electron chi connectivity index (χ2n) is 5.27. The van der Waals surface area contributed by atoms with E-state index in [1.165, 1.54) is 0 Å². The van der Waals surface area contributed by atoms with E-state index >= 15 is 0 Å². The lowest BCUT2D eigenvalue weighted by Crippen LogP contribution is -2.38. The summed E-state index contributed by atoms with van der Waals surface area (Å²) in [6.45, 7) is 5.84. The molecule has 1 aliphatic rings. The fourth-order valence-electron chi connectivity index (χ4n) is 2.33. The van der Waals surface area contributed by atoms with Gasteiger partial charge in [-0.15, -0.1) is 0 Å². The van der Waals surface area contributed by atoms with Crippen molar-refractivity contribution in [2.45, 2.75) is 38.3 Å². The molecule has 106 valence electrons. The molecule has 0 bridgehead atoms. The monoisotopic (exact) mass is 321 g/mol. The maximum atomic E-state index is 6.24. The van der Waals surface area contributed by atoms with Crippen molar-refractivity contribution >= 4 is 34.8 Å². The fourth-order valence-corrected chi connectivity index (χ4v) is 3.04. The summed E-state index contributed by atoms with van der Waals surface area (Å²) in [6.07, 6.45) is 2.21. The molecule has 0 spiro atoms. The maximum absolute atomic E-state index is 6.24. The van der Waals surface area contributed by atoms with Crippen LogP contribution in [0.4, 0.5) is 0 Å². The smallest absolute Gasteiger partial charge is 0.0781 e. The van der Waals surface area contributed by atoms with Gasteiger partial charge in [0.2, 0.25) is 0 Å². The molecule has 1 aliphatic heterocycles. The second-order valence-corrected chi connectivity index (χ2v) is 6.43. The minimum absolute atomic E-state index is 0.0725. The predicted molar refractivity (Wildman–Crippen MR) is 81.5 cm³/mol. The van der Waals surface area contributed by atoms with Crippen LogP contribution in [-0.2, 0) is 4.74 Å². The van der Waals surface area contributed by atoms with Gasteiger partial charge in [0.25, 0.3) is 0 Å². The zero-order valence-corrected chi connectivity index (χ0v) is 13.4. The minimum atomic E-state index is -0.0725. The first-order chi connectivity index (χ1) is 8.93. The molecule has 1 fully saturated rings. The molecule has 1 N–H and O–H groups in total. The Balaban J connectivity index is 2.04. The number of nitrogens with one attached hydrogen (secondary N) is 1. The number of ether oxygens (including phenoxy) is 1. The van der Waals surface area contributed by atoms with E-state index in [9.17, 15) is 0 Å². The summed E-state index contributed by atoms with van der Waals surface area (Å²) in [4.78, 5) is 0. The van der Waals surface area contributed by atoms with Crippen molar-refractivity contribution in [3.8, 4) is 0 Å². The van der Waals surface area contributed by atoms with Crippen LogP contribution in [-0.4, -0.2) is 18.8 Å². The summed E-state index contributed by atoms with van der Waals surface area (Å²) >= 11 is 18.2. The Morgan fingerprint density at radius 2 is 2.05 bits per heavy atom. The number of benzene rings is 1. The maximum Gasteiger partial charge on any atom is 0.0781 e. The summed E-state index contributed by atoms with van der Waals surface area (Å²) in [5.41, 5.74) is 0.884. The topological polar surface area (TPSA) is 21.3 Å². The Labute approximate surface area is 129 Å². The summed E-state index contributed by atoms with van der Waals surface area (Å²) in [7, 11) is 0. The first-order valence-corrected chi connectivity index (χ1v) is 7.57. The van der Waals surface area contributed by atoms with Gasteiger partial charge in [0.1, 0.15) is 0 Å². The van der Waals surface area contributed by atoms with Crippen molar-refractivity contribution in [1.29, 1.82) is 0 Å². The Hall–Kier alpha value is 0.01000. The Morgan fingerprint density at radius 3 is 2.68 bits per heavy atom. The highest BCUT2D eigenvalue weighted by Gasteiger charge is 2.30. The largest absolute Gasteiger partial charge is 0.374 e. The molecular weight excluding hydrogens is 305 g/mol. The fraction of sp³-hybridized carbons (Fsp3) is 0.571. The van der Waals surface area contributed by atoms with E-state index in [0.29, 0.717) is 15.1 Å². The Morgan fingerprint density at radius 1 is 1.32 bits per heavy atom. The molecule has 5 heteroatoms. The molecular formula is C14H18Cl3NO. The molecule has 1 aromatic carbocycles. The third kappa shape index (κ3) is 3.56. The molecule has 2 rings (SSSR count). The molecule has 0 aliphatic carbocycles. The van der Waals surface area contributed by atoms with Crippen LogP contribution in [0.1, 0.15) is 38.3 Å². The quantitative estimate of drug-likeness (QED) is 0.799. The highest BCUT2D eigenvalue weighted by molar-refractivity contribution is 6.48. The van der Waals surface area contributed by atoms with Crippen LogP contribution in [0, 0.1) is 0 Å². The van der Waals surface area contributed by atoms with Crippen molar-refractivity contribution in [2.75, 3.05) is 13.2 Å². The number of halogens is 3. The van der Waals surface area contributed by atoms with Gasteiger partial charge >= 0.3 is 0 Å². The third-order valence-electron chi connectivity index (χ3n) is 3.61. The van der Waals surface area contributed by atoms with E-state index in [-0.39, 0.29) is 11.6 Å². The Kier molecular flexibility index (Phi) is 5.02. The molecule has 19 heavy (non-hydrogen) atoms. The highest BCUT2D eigenvalue weighted by Crippen LogP contribution is 2.35. The van der Waals surface area contributed by atoms with Gasteiger partial charge < -0.3 is 10.1 Å². The summed E-state index contributed by atoms with van der Waals surface area (Å²) < 4.78 is 5.76. The number of rotatable bonds is 4. The predicted octanol–water partition coefficient (Wildman–Crippen LogP) is 4.87. The standard InChI is InChI=1S/C14H18Cl3NO/c1-9(18-8-14(2)6-3-7-19-14)10-4-5-11(15)13(17)12(10)16/h4-5,9,18H,3,6-8H2,1-2H3. The van der Waals surface area contributed by atoms with Gasteiger partial charge in [0.05, 0.1) is 20.7 Å². The summed E-state index contributed by atoms with van der Waals surface area (Å²) in [5, 5.41) is 4.87. The molecule has 0 amide bonds. The third-order valence-corrected chi connectivity index (χ3v) is 4.92. The van der Waals surface area contributed by atoms with Crippen LogP contribution in [0.5, 0.6) is 0 Å². The lowest BCUT2D eigenvalue weighted by molar-refractivity contribution is 0.0191. The zero-order valence-electron chi connectivity index (χ0n) is 11.1. The summed E-state index contributed by atoms with van der Waals surface area (Å²) in [6, 6.07) is 3.78. The van der Waals surface area contributed by atoms with Gasteiger partial charge in [-0.25, -0.2) is 0 Å². The van der Waals surface area contributed by atoms with Gasteiger partial charge in [-0.1, -0.05) is 40.9 Å². The molecule has 2 unspecified atom stereocenters. The van der Waals surface area contributed by atoms with Gasteiger partial charge in [0.15, 0.2) is 0 Å². The lowest BCUT2D eigenvalue weighted by Gasteiger charge is -2.26. The van der Waals surface area contributed by atoms with Gasteiger partial charge in [-0.3, -0.25) is 0 Å². The van der Waals surface area contributed by atoms with Gasteiger partial charge in [-0.05, 0) is 38.3 Å². The number of hydrogen-bond acceptors (Lipinski definition) is 2. The molecule has 1 heterocycles. The van der Waals surface area contributed by atoms with Crippen molar-refractivity contribution in [3.05, 3.63) is 32.8 Å². The van der Waals surface area contributed by atoms with E-state index in [1.54, 1.807) is 6.07 Å². The molecule has 1 aromatic rings. The van der Waals surface area contributed by atoms with Crippen LogP contribution >= 0.6 is 34.8 Å². The average molecular weight is 323 g/mol. The van der Waals surface area contributed by atoms with Gasteiger partial charge in [-0.2, -0.15) is 0 Å². The highest BCUT2D eigenvalue weighted by atomic mass is 35.5. The second kappa shape index (κ2) is 6.19. The van der Waals surface area contributed by atoms with E-state index in [1.807, 2.05) is 6.07 Å². The first-order valence-electron chi connectivity index (χ1n) is 6.44. The van der Waals surface area contributed by atoms with Crippen LogP contribution in [0.15, 0.2) is 12.1 Å². The van der Waals surface area contributed by atoms with E-state index in [0.717, 1.165) is 31.6 Å². The lowest BCUT2D eigenvalue weighted by atomic mass is 10.0. The molecule has 0 aromatic heterocycles. The minimum Gasteiger partial charge on any atom is -0.374 e. The van der Waals surface area contributed by atoms with Crippen molar-refractivity contribution in [2.24, 2.45) is 0 Å². The molecule has 0 radical (unpaired) electrons. The molecule has 1 saturated heterocycles.